The van der Waals surface area contributed by atoms with E-state index in [-0.39, 0.29) is 12.7 Å². The molecule has 1 amide bonds. The number of ether oxygens (including phenoxy) is 2. The quantitative estimate of drug-likeness (QED) is 0.854. The van der Waals surface area contributed by atoms with Crippen molar-refractivity contribution in [2.24, 2.45) is 0 Å². The van der Waals surface area contributed by atoms with Crippen molar-refractivity contribution in [3.8, 4) is 11.5 Å². The Kier molecular flexibility index (Phi) is 4.40. The molecule has 4 rings (SSSR count). The fourth-order valence-corrected chi connectivity index (χ4v) is 3.86. The van der Waals surface area contributed by atoms with Gasteiger partial charge in [-0.2, -0.15) is 0 Å². The first-order valence-electron chi connectivity index (χ1n) is 8.19. The Morgan fingerprint density at radius 3 is 2.71 bits per heavy atom. The predicted molar refractivity (Wildman–Crippen MR) is 92.4 cm³/mol. The highest BCUT2D eigenvalue weighted by Crippen LogP contribution is 2.32. The molecule has 1 aromatic heterocycles. The van der Waals surface area contributed by atoms with Gasteiger partial charge in [-0.1, -0.05) is 12.1 Å². The number of benzene rings is 1. The monoisotopic (exact) mass is 344 g/mol. The van der Waals surface area contributed by atoms with Crippen molar-refractivity contribution >= 4 is 17.2 Å². The number of thiophene rings is 1. The molecule has 1 aromatic carbocycles. The van der Waals surface area contributed by atoms with Crippen LogP contribution in [0.5, 0.6) is 11.5 Å². The smallest absolute Gasteiger partial charge is 0.231 e. The summed E-state index contributed by atoms with van der Waals surface area (Å²) in [6.45, 7) is 4.72. The zero-order valence-electron chi connectivity index (χ0n) is 13.4. The number of nitrogens with zero attached hydrogens (tertiary/aromatic N) is 2. The van der Waals surface area contributed by atoms with Crippen molar-refractivity contribution in [3.05, 3.63) is 46.2 Å². The number of fused-ring (bicyclic) bond motifs is 1. The van der Waals surface area contributed by atoms with Crippen LogP contribution >= 0.6 is 11.3 Å². The Balaban J connectivity index is 1.30. The lowest BCUT2D eigenvalue weighted by Crippen LogP contribution is -2.48. The molecule has 0 N–H and O–H groups in total. The Labute approximate surface area is 145 Å². The molecular formula is C18H20N2O3S. The fourth-order valence-electron chi connectivity index (χ4n) is 3.12. The van der Waals surface area contributed by atoms with Crippen molar-refractivity contribution in [1.82, 2.24) is 9.80 Å². The second kappa shape index (κ2) is 6.83. The van der Waals surface area contributed by atoms with E-state index < -0.39 is 0 Å². The van der Waals surface area contributed by atoms with Crippen LogP contribution < -0.4 is 9.47 Å². The molecule has 1 saturated heterocycles. The lowest BCUT2D eigenvalue weighted by Gasteiger charge is -2.34. The first-order valence-corrected chi connectivity index (χ1v) is 9.07. The third-order valence-corrected chi connectivity index (χ3v) is 5.34. The maximum atomic E-state index is 12.5. The van der Waals surface area contributed by atoms with Gasteiger partial charge in [-0.25, -0.2) is 0 Å². The third kappa shape index (κ3) is 3.39. The summed E-state index contributed by atoms with van der Waals surface area (Å²) in [5, 5.41) is 2.11. The zero-order chi connectivity index (χ0) is 16.4. The second-order valence-electron chi connectivity index (χ2n) is 6.10. The summed E-state index contributed by atoms with van der Waals surface area (Å²) < 4.78 is 10.7. The van der Waals surface area contributed by atoms with Gasteiger partial charge in [0, 0.05) is 37.6 Å². The number of piperazine rings is 1. The summed E-state index contributed by atoms with van der Waals surface area (Å²) >= 11 is 1.79. The lowest BCUT2D eigenvalue weighted by molar-refractivity contribution is -0.132. The van der Waals surface area contributed by atoms with Crippen LogP contribution in [0.1, 0.15) is 10.4 Å². The Morgan fingerprint density at radius 1 is 1.08 bits per heavy atom. The standard InChI is InChI=1S/C18H20N2O3S/c21-18(11-14-3-4-16-17(10-14)23-13-22-16)20-7-5-19(6-8-20)12-15-2-1-9-24-15/h1-4,9-10H,5-8,11-13H2. The maximum absolute atomic E-state index is 12.5. The van der Waals surface area contributed by atoms with Gasteiger partial charge in [0.1, 0.15) is 0 Å². The number of rotatable bonds is 4. The van der Waals surface area contributed by atoms with Crippen LogP contribution in [-0.4, -0.2) is 48.7 Å². The first-order chi connectivity index (χ1) is 11.8. The minimum absolute atomic E-state index is 0.185. The van der Waals surface area contributed by atoms with E-state index >= 15 is 0 Å². The average Bonchev–Trinajstić information content (AvgIpc) is 3.26. The molecular weight excluding hydrogens is 324 g/mol. The lowest BCUT2D eigenvalue weighted by atomic mass is 10.1. The van der Waals surface area contributed by atoms with Gasteiger partial charge in [-0.3, -0.25) is 9.69 Å². The largest absolute Gasteiger partial charge is 0.454 e. The third-order valence-electron chi connectivity index (χ3n) is 4.48. The normalized spacial score (nSPS) is 17.2. The van der Waals surface area contributed by atoms with Crippen LogP contribution in [0, 0.1) is 0 Å². The molecule has 0 bridgehead atoms. The van der Waals surface area contributed by atoms with E-state index in [1.54, 1.807) is 11.3 Å². The van der Waals surface area contributed by atoms with Crippen LogP contribution in [0.2, 0.25) is 0 Å². The SMILES string of the molecule is O=C(Cc1ccc2c(c1)OCO2)N1CCN(Cc2cccs2)CC1. The maximum Gasteiger partial charge on any atom is 0.231 e. The molecule has 2 aliphatic heterocycles. The summed E-state index contributed by atoms with van der Waals surface area (Å²) in [6.07, 6.45) is 0.418. The highest BCUT2D eigenvalue weighted by atomic mass is 32.1. The van der Waals surface area contributed by atoms with Gasteiger partial charge in [0.2, 0.25) is 12.7 Å². The number of carbonyl (C=O) groups is 1. The molecule has 126 valence electrons. The molecule has 0 saturated carbocycles. The highest BCUT2D eigenvalue weighted by Gasteiger charge is 2.22. The zero-order valence-corrected chi connectivity index (χ0v) is 14.3. The van der Waals surface area contributed by atoms with E-state index in [1.165, 1.54) is 4.88 Å². The molecule has 0 atom stereocenters. The molecule has 2 aliphatic rings. The van der Waals surface area contributed by atoms with Crippen LogP contribution in [0.3, 0.4) is 0 Å². The summed E-state index contributed by atoms with van der Waals surface area (Å²) in [5.41, 5.74) is 0.977. The van der Waals surface area contributed by atoms with E-state index in [4.69, 9.17) is 9.47 Å². The highest BCUT2D eigenvalue weighted by molar-refractivity contribution is 7.09. The summed E-state index contributed by atoms with van der Waals surface area (Å²) in [5.74, 6) is 1.68. The van der Waals surface area contributed by atoms with Crippen LogP contribution in [0.4, 0.5) is 0 Å². The Morgan fingerprint density at radius 2 is 1.92 bits per heavy atom. The molecule has 0 spiro atoms. The second-order valence-corrected chi connectivity index (χ2v) is 7.13. The van der Waals surface area contributed by atoms with Gasteiger partial charge in [0.25, 0.3) is 0 Å². The topological polar surface area (TPSA) is 42.0 Å². The summed E-state index contributed by atoms with van der Waals surface area (Å²) in [4.78, 5) is 18.3. The molecule has 24 heavy (non-hydrogen) atoms. The van der Waals surface area contributed by atoms with Crippen molar-refractivity contribution in [3.63, 3.8) is 0 Å². The van der Waals surface area contributed by atoms with Crippen molar-refractivity contribution in [2.75, 3.05) is 33.0 Å². The van der Waals surface area contributed by atoms with Gasteiger partial charge in [-0.15, -0.1) is 11.3 Å². The van der Waals surface area contributed by atoms with Crippen LogP contribution in [0.15, 0.2) is 35.7 Å². The van der Waals surface area contributed by atoms with E-state index in [1.807, 2.05) is 23.1 Å². The van der Waals surface area contributed by atoms with Crippen LogP contribution in [0.25, 0.3) is 0 Å². The Hall–Kier alpha value is -2.05. The van der Waals surface area contributed by atoms with Gasteiger partial charge in [-0.05, 0) is 29.1 Å². The fraction of sp³-hybridized carbons (Fsp3) is 0.389. The minimum Gasteiger partial charge on any atom is -0.454 e. The minimum atomic E-state index is 0.185. The summed E-state index contributed by atoms with van der Waals surface area (Å²) in [7, 11) is 0. The molecule has 0 radical (unpaired) electrons. The molecule has 0 aliphatic carbocycles. The van der Waals surface area contributed by atoms with Gasteiger partial charge in [0.05, 0.1) is 6.42 Å². The van der Waals surface area contributed by atoms with Crippen molar-refractivity contribution in [1.29, 1.82) is 0 Å². The number of carbonyl (C=O) groups excluding carboxylic acids is 1. The predicted octanol–water partition coefficient (Wildman–Crippen LogP) is 2.36. The molecule has 2 aromatic rings. The summed E-state index contributed by atoms with van der Waals surface area (Å²) in [6, 6.07) is 9.99. The van der Waals surface area contributed by atoms with E-state index in [0.717, 1.165) is 49.8 Å². The number of hydrogen-bond donors (Lipinski definition) is 0. The molecule has 1 fully saturated rings. The Bertz CT molecular complexity index is 709. The van der Waals surface area contributed by atoms with Crippen LogP contribution in [-0.2, 0) is 17.8 Å². The number of amides is 1. The molecule has 6 heteroatoms. The van der Waals surface area contributed by atoms with Crippen molar-refractivity contribution in [2.45, 2.75) is 13.0 Å². The average molecular weight is 344 g/mol. The molecule has 0 unspecified atom stereocenters. The van der Waals surface area contributed by atoms with E-state index in [2.05, 4.69) is 22.4 Å². The number of hydrogen-bond acceptors (Lipinski definition) is 5. The van der Waals surface area contributed by atoms with Crippen molar-refractivity contribution < 1.29 is 14.3 Å². The molecule has 5 nitrogen and oxygen atoms in total. The molecule has 3 heterocycles. The van der Waals surface area contributed by atoms with E-state index in [9.17, 15) is 4.79 Å². The van der Waals surface area contributed by atoms with Gasteiger partial charge >= 0.3 is 0 Å². The van der Waals surface area contributed by atoms with E-state index in [0.29, 0.717) is 6.42 Å². The van der Waals surface area contributed by atoms with Gasteiger partial charge < -0.3 is 14.4 Å². The van der Waals surface area contributed by atoms with Gasteiger partial charge in [0.15, 0.2) is 11.5 Å². The first kappa shape index (κ1) is 15.5.